The first kappa shape index (κ1) is 15.4. The summed E-state index contributed by atoms with van der Waals surface area (Å²) in [5.41, 5.74) is 6.61. The zero-order valence-electron chi connectivity index (χ0n) is 14.9. The van der Waals surface area contributed by atoms with E-state index in [2.05, 4.69) is 52.0 Å². The van der Waals surface area contributed by atoms with Gasteiger partial charge in [-0.2, -0.15) is 0 Å². The fourth-order valence-corrected chi connectivity index (χ4v) is 4.36. The number of benzene rings is 2. The molecule has 1 amide bonds. The van der Waals surface area contributed by atoms with Gasteiger partial charge < -0.3 is 9.47 Å². The molecule has 1 unspecified atom stereocenters. The van der Waals surface area contributed by atoms with E-state index >= 15 is 0 Å². The lowest BCUT2D eigenvalue weighted by molar-refractivity contribution is -0.126. The van der Waals surface area contributed by atoms with Crippen LogP contribution in [0.4, 0.5) is 0 Å². The number of imidazole rings is 1. The Labute approximate surface area is 153 Å². The highest BCUT2D eigenvalue weighted by Crippen LogP contribution is 2.38. The maximum absolute atomic E-state index is 11.8. The monoisotopic (exact) mass is 343 g/mol. The van der Waals surface area contributed by atoms with Gasteiger partial charge in [0.2, 0.25) is 5.91 Å². The zero-order chi connectivity index (χ0) is 17.7. The van der Waals surface area contributed by atoms with Gasteiger partial charge in [-0.05, 0) is 34.7 Å². The highest BCUT2D eigenvalue weighted by molar-refractivity contribution is 5.79. The molecule has 3 aromatic rings. The van der Waals surface area contributed by atoms with Crippen molar-refractivity contribution in [2.24, 2.45) is 5.92 Å². The molecule has 0 saturated carbocycles. The van der Waals surface area contributed by atoms with Crippen LogP contribution in [0.5, 0.6) is 0 Å². The van der Waals surface area contributed by atoms with Crippen molar-refractivity contribution in [3.8, 4) is 22.5 Å². The molecular formula is C22H21N3O. The molecule has 4 heteroatoms. The Morgan fingerprint density at radius 2 is 1.96 bits per heavy atom. The Morgan fingerprint density at radius 3 is 2.81 bits per heavy atom. The van der Waals surface area contributed by atoms with Gasteiger partial charge in [0.05, 0.1) is 0 Å². The summed E-state index contributed by atoms with van der Waals surface area (Å²) in [6, 6.07) is 15.3. The number of aromatic nitrogens is 2. The van der Waals surface area contributed by atoms with Crippen molar-refractivity contribution in [2.45, 2.75) is 19.4 Å². The Balaban J connectivity index is 1.45. The number of carbonyl (C=O) groups excluding carboxylic acids is 1. The lowest BCUT2D eigenvalue weighted by atomic mass is 10.0. The Hall–Kier alpha value is -2.88. The van der Waals surface area contributed by atoms with Gasteiger partial charge in [-0.1, -0.05) is 36.4 Å². The normalized spacial score (nSPS) is 18.3. The first-order valence-electron chi connectivity index (χ1n) is 9.16. The van der Waals surface area contributed by atoms with E-state index in [0.717, 1.165) is 30.9 Å². The van der Waals surface area contributed by atoms with Gasteiger partial charge in [0, 0.05) is 50.4 Å². The molecule has 130 valence electrons. The molecule has 0 radical (unpaired) electrons. The van der Waals surface area contributed by atoms with Crippen LogP contribution in [0.25, 0.3) is 22.5 Å². The smallest absolute Gasteiger partial charge is 0.222 e. The molecule has 0 N–H and O–H groups in total. The summed E-state index contributed by atoms with van der Waals surface area (Å²) in [5, 5.41) is 0. The first-order valence-corrected chi connectivity index (χ1v) is 9.16. The minimum atomic E-state index is 0.243. The zero-order valence-corrected chi connectivity index (χ0v) is 14.9. The number of nitrogens with zero attached hydrogens (tertiary/aromatic N) is 3. The van der Waals surface area contributed by atoms with Crippen molar-refractivity contribution in [3.63, 3.8) is 0 Å². The minimum absolute atomic E-state index is 0.243. The summed E-state index contributed by atoms with van der Waals surface area (Å²) in [4.78, 5) is 18.2. The molecule has 1 aromatic heterocycles. The van der Waals surface area contributed by atoms with Crippen molar-refractivity contribution >= 4 is 5.91 Å². The van der Waals surface area contributed by atoms with E-state index in [0.29, 0.717) is 12.3 Å². The third-order valence-corrected chi connectivity index (χ3v) is 5.64. The topological polar surface area (TPSA) is 38.1 Å². The second-order valence-corrected chi connectivity index (χ2v) is 7.45. The molecule has 2 aliphatic rings. The molecule has 4 nitrogen and oxygen atoms in total. The molecular weight excluding hydrogens is 322 g/mol. The molecule has 5 rings (SSSR count). The SMILES string of the molecule is CN1CC(Cn2ccnc2-c2ccc3c(c2)Cc2ccccc2-3)CC1=O. The van der Waals surface area contributed by atoms with E-state index in [-0.39, 0.29) is 5.91 Å². The lowest BCUT2D eigenvalue weighted by Gasteiger charge is -2.14. The van der Waals surface area contributed by atoms with E-state index in [1.165, 1.54) is 22.3 Å². The molecule has 0 bridgehead atoms. The van der Waals surface area contributed by atoms with Gasteiger partial charge in [0.1, 0.15) is 5.82 Å². The molecule has 1 atom stereocenters. The molecule has 1 saturated heterocycles. The van der Waals surface area contributed by atoms with Crippen molar-refractivity contribution in [3.05, 3.63) is 66.0 Å². The number of carbonyl (C=O) groups is 1. The average molecular weight is 343 g/mol. The number of hydrogen-bond acceptors (Lipinski definition) is 2. The molecule has 1 fully saturated rings. The van der Waals surface area contributed by atoms with Crippen LogP contribution in [0.15, 0.2) is 54.9 Å². The van der Waals surface area contributed by atoms with Gasteiger partial charge in [0.25, 0.3) is 0 Å². The molecule has 0 spiro atoms. The maximum atomic E-state index is 11.8. The first-order chi connectivity index (χ1) is 12.7. The fraction of sp³-hybridized carbons (Fsp3) is 0.273. The largest absolute Gasteiger partial charge is 0.345 e. The van der Waals surface area contributed by atoms with Crippen molar-refractivity contribution < 1.29 is 4.79 Å². The quantitative estimate of drug-likeness (QED) is 0.570. The summed E-state index contributed by atoms with van der Waals surface area (Å²) in [6.07, 6.45) is 5.51. The Morgan fingerprint density at radius 1 is 1.12 bits per heavy atom. The van der Waals surface area contributed by atoms with Crippen molar-refractivity contribution in [2.75, 3.05) is 13.6 Å². The van der Waals surface area contributed by atoms with Gasteiger partial charge >= 0.3 is 0 Å². The highest BCUT2D eigenvalue weighted by Gasteiger charge is 2.27. The molecule has 1 aliphatic carbocycles. The van der Waals surface area contributed by atoms with Crippen LogP contribution in [0, 0.1) is 5.92 Å². The molecule has 2 heterocycles. The molecule has 1 aliphatic heterocycles. The average Bonchev–Trinajstić information content (AvgIpc) is 3.32. The van der Waals surface area contributed by atoms with Crippen LogP contribution in [0.1, 0.15) is 17.5 Å². The number of rotatable bonds is 3. The van der Waals surface area contributed by atoms with Crippen molar-refractivity contribution in [1.82, 2.24) is 14.5 Å². The maximum Gasteiger partial charge on any atom is 0.222 e. The van der Waals surface area contributed by atoms with Crippen LogP contribution in [-0.4, -0.2) is 34.0 Å². The van der Waals surface area contributed by atoms with Crippen LogP contribution in [0.2, 0.25) is 0 Å². The Bertz CT molecular complexity index is 1000. The van der Waals surface area contributed by atoms with E-state index in [1.807, 2.05) is 24.3 Å². The third-order valence-electron chi connectivity index (χ3n) is 5.64. The highest BCUT2D eigenvalue weighted by atomic mass is 16.2. The van der Waals surface area contributed by atoms with Crippen LogP contribution in [-0.2, 0) is 17.8 Å². The summed E-state index contributed by atoms with van der Waals surface area (Å²) in [5.74, 6) is 1.59. The predicted molar refractivity (Wildman–Crippen MR) is 102 cm³/mol. The lowest BCUT2D eigenvalue weighted by Crippen LogP contribution is -2.20. The third kappa shape index (κ3) is 2.45. The van der Waals surface area contributed by atoms with E-state index in [4.69, 9.17) is 0 Å². The minimum Gasteiger partial charge on any atom is -0.345 e. The second kappa shape index (κ2) is 5.84. The fourth-order valence-electron chi connectivity index (χ4n) is 4.36. The molecule has 2 aromatic carbocycles. The standard InChI is InChI=1S/C22H21N3O/c1-24-13-15(10-21(24)26)14-25-9-8-23-22(25)17-6-7-20-18(12-17)11-16-4-2-3-5-19(16)20/h2-9,12,15H,10-11,13-14H2,1H3. The summed E-state index contributed by atoms with van der Waals surface area (Å²) >= 11 is 0. The van der Waals surface area contributed by atoms with E-state index in [9.17, 15) is 4.79 Å². The van der Waals surface area contributed by atoms with Crippen LogP contribution < -0.4 is 0 Å². The van der Waals surface area contributed by atoms with Gasteiger partial charge in [-0.25, -0.2) is 4.98 Å². The summed E-state index contributed by atoms with van der Waals surface area (Å²) < 4.78 is 2.20. The van der Waals surface area contributed by atoms with Crippen LogP contribution in [0.3, 0.4) is 0 Å². The number of fused-ring (bicyclic) bond motifs is 3. The number of amides is 1. The molecule has 26 heavy (non-hydrogen) atoms. The second-order valence-electron chi connectivity index (χ2n) is 7.45. The van der Waals surface area contributed by atoms with Crippen LogP contribution >= 0.6 is 0 Å². The van der Waals surface area contributed by atoms with Crippen molar-refractivity contribution in [1.29, 1.82) is 0 Å². The van der Waals surface area contributed by atoms with Gasteiger partial charge in [-0.3, -0.25) is 4.79 Å². The van der Waals surface area contributed by atoms with E-state index in [1.54, 1.807) is 0 Å². The number of likely N-dealkylation sites (tertiary alicyclic amines) is 1. The van der Waals surface area contributed by atoms with Gasteiger partial charge in [-0.15, -0.1) is 0 Å². The predicted octanol–water partition coefficient (Wildman–Crippen LogP) is 3.60. The number of hydrogen-bond donors (Lipinski definition) is 0. The summed E-state index contributed by atoms with van der Waals surface area (Å²) in [6.45, 7) is 1.67. The van der Waals surface area contributed by atoms with E-state index < -0.39 is 0 Å². The Kier molecular flexibility index (Phi) is 3.45. The summed E-state index contributed by atoms with van der Waals surface area (Å²) in [7, 11) is 1.88. The van der Waals surface area contributed by atoms with Gasteiger partial charge in [0.15, 0.2) is 0 Å².